The maximum Gasteiger partial charge on any atom is 0.243 e. The highest BCUT2D eigenvalue weighted by Gasteiger charge is 2.38. The number of nitrogens with one attached hydrogen (secondary N) is 1. The number of carbonyl (C=O) groups excluding carboxylic acids is 3. The molecular weight excluding hydrogens is 432 g/mol. The molecular formula is C26H32N4O4. The molecule has 2 aromatic carbocycles. The number of nitrogens with zero attached hydrogens (tertiary/aromatic N) is 3. The van der Waals surface area contributed by atoms with Crippen LogP contribution < -0.4 is 10.2 Å². The predicted molar refractivity (Wildman–Crippen MR) is 130 cm³/mol. The molecule has 0 aromatic heterocycles. The molecule has 3 amide bonds. The number of anilines is 2. The van der Waals surface area contributed by atoms with Gasteiger partial charge >= 0.3 is 0 Å². The quantitative estimate of drug-likeness (QED) is 0.681. The molecule has 4 rings (SSSR count). The lowest BCUT2D eigenvalue weighted by molar-refractivity contribution is -0.137. The summed E-state index contributed by atoms with van der Waals surface area (Å²) in [5, 5.41) is 2.85. The van der Waals surface area contributed by atoms with Gasteiger partial charge in [-0.25, -0.2) is 0 Å². The van der Waals surface area contributed by atoms with Gasteiger partial charge in [-0.3, -0.25) is 14.4 Å². The van der Waals surface area contributed by atoms with E-state index in [2.05, 4.69) is 10.2 Å². The normalized spacial score (nSPS) is 19.1. The Balaban J connectivity index is 1.28. The number of benzene rings is 2. The highest BCUT2D eigenvalue weighted by molar-refractivity contribution is 5.96. The minimum absolute atomic E-state index is 0.0343. The molecule has 0 bridgehead atoms. The first-order valence-corrected chi connectivity index (χ1v) is 11.7. The van der Waals surface area contributed by atoms with E-state index in [0.29, 0.717) is 25.4 Å². The number of hydrogen-bond donors (Lipinski definition) is 1. The maximum atomic E-state index is 13.0. The Morgan fingerprint density at radius 3 is 2.44 bits per heavy atom. The van der Waals surface area contributed by atoms with Crippen molar-refractivity contribution in [3.63, 3.8) is 0 Å². The Bertz CT molecular complexity index is 1010. The fourth-order valence-electron chi connectivity index (χ4n) is 4.57. The summed E-state index contributed by atoms with van der Waals surface area (Å²) in [6.45, 7) is 5.41. The molecule has 0 unspecified atom stereocenters. The first kappa shape index (κ1) is 23.8. The lowest BCUT2D eigenvalue weighted by Crippen LogP contribution is -2.39. The Morgan fingerprint density at radius 1 is 1.09 bits per heavy atom. The summed E-state index contributed by atoms with van der Waals surface area (Å²) < 4.78 is 5.38. The molecule has 0 aliphatic carbocycles. The van der Waals surface area contributed by atoms with Crippen molar-refractivity contribution in [2.75, 3.05) is 56.7 Å². The number of likely N-dealkylation sites (tertiary alicyclic amines) is 1. The summed E-state index contributed by atoms with van der Waals surface area (Å²) in [6, 6.07) is 17.4. The van der Waals surface area contributed by atoms with E-state index < -0.39 is 5.92 Å². The van der Waals surface area contributed by atoms with Crippen molar-refractivity contribution in [1.82, 2.24) is 9.80 Å². The molecule has 2 heterocycles. The van der Waals surface area contributed by atoms with E-state index in [-0.39, 0.29) is 36.7 Å². The SMILES string of the molecule is C[C@@H](c1ccccc1)N1C[C@@H](C(=O)N(C)CC(=O)Nc2ccc(N3CCOCC3)cc2)CC1=O. The third-order valence-electron chi connectivity index (χ3n) is 6.54. The number of ether oxygens (including phenoxy) is 1. The Kier molecular flexibility index (Phi) is 7.47. The number of carbonyl (C=O) groups is 3. The molecule has 2 saturated heterocycles. The topological polar surface area (TPSA) is 82.2 Å². The van der Waals surface area contributed by atoms with E-state index in [0.717, 1.165) is 24.3 Å². The summed E-state index contributed by atoms with van der Waals surface area (Å²) >= 11 is 0. The number of amides is 3. The summed E-state index contributed by atoms with van der Waals surface area (Å²) in [6.07, 6.45) is 0.172. The second-order valence-corrected chi connectivity index (χ2v) is 8.92. The summed E-state index contributed by atoms with van der Waals surface area (Å²) in [4.78, 5) is 43.5. The summed E-state index contributed by atoms with van der Waals surface area (Å²) in [5.74, 6) is -0.931. The molecule has 180 valence electrons. The second-order valence-electron chi connectivity index (χ2n) is 8.92. The third-order valence-corrected chi connectivity index (χ3v) is 6.54. The minimum atomic E-state index is -0.440. The molecule has 1 N–H and O–H groups in total. The number of hydrogen-bond acceptors (Lipinski definition) is 5. The molecule has 8 heteroatoms. The molecule has 0 radical (unpaired) electrons. The molecule has 0 spiro atoms. The van der Waals surface area contributed by atoms with Crippen LogP contribution >= 0.6 is 0 Å². The van der Waals surface area contributed by atoms with Crippen molar-refractivity contribution >= 4 is 29.1 Å². The van der Waals surface area contributed by atoms with Crippen LogP contribution in [0.1, 0.15) is 24.9 Å². The van der Waals surface area contributed by atoms with Crippen molar-refractivity contribution in [1.29, 1.82) is 0 Å². The lowest BCUT2D eigenvalue weighted by Gasteiger charge is -2.29. The molecule has 8 nitrogen and oxygen atoms in total. The van der Waals surface area contributed by atoms with Crippen LogP contribution in [0.3, 0.4) is 0 Å². The molecule has 34 heavy (non-hydrogen) atoms. The molecule has 0 saturated carbocycles. The van der Waals surface area contributed by atoms with E-state index in [9.17, 15) is 14.4 Å². The van der Waals surface area contributed by atoms with Crippen LogP contribution in [-0.2, 0) is 19.1 Å². The van der Waals surface area contributed by atoms with E-state index in [4.69, 9.17) is 4.74 Å². The van der Waals surface area contributed by atoms with Crippen LogP contribution in [0.2, 0.25) is 0 Å². The summed E-state index contributed by atoms with van der Waals surface area (Å²) in [7, 11) is 1.61. The van der Waals surface area contributed by atoms with Gasteiger partial charge in [-0.15, -0.1) is 0 Å². The van der Waals surface area contributed by atoms with Crippen LogP contribution in [0, 0.1) is 5.92 Å². The Morgan fingerprint density at radius 2 is 1.76 bits per heavy atom. The van der Waals surface area contributed by atoms with E-state index in [1.807, 2.05) is 61.5 Å². The van der Waals surface area contributed by atoms with Crippen LogP contribution in [0.25, 0.3) is 0 Å². The second kappa shape index (κ2) is 10.7. The van der Waals surface area contributed by atoms with Crippen LogP contribution in [0.4, 0.5) is 11.4 Å². The monoisotopic (exact) mass is 464 g/mol. The average Bonchev–Trinajstić information content (AvgIpc) is 3.26. The number of likely N-dealkylation sites (N-methyl/N-ethyl adjacent to an activating group) is 1. The van der Waals surface area contributed by atoms with Crippen molar-refractivity contribution in [2.45, 2.75) is 19.4 Å². The smallest absolute Gasteiger partial charge is 0.243 e. The fraction of sp³-hybridized carbons (Fsp3) is 0.423. The first-order valence-electron chi connectivity index (χ1n) is 11.7. The van der Waals surface area contributed by atoms with Crippen molar-refractivity contribution in [3.8, 4) is 0 Å². The van der Waals surface area contributed by atoms with Crippen molar-refractivity contribution < 1.29 is 19.1 Å². The molecule has 2 aromatic rings. The van der Waals surface area contributed by atoms with E-state index >= 15 is 0 Å². The van der Waals surface area contributed by atoms with Gasteiger partial charge in [0.1, 0.15) is 0 Å². The zero-order valence-electron chi connectivity index (χ0n) is 19.8. The molecule has 2 atom stereocenters. The zero-order valence-corrected chi connectivity index (χ0v) is 19.8. The van der Waals surface area contributed by atoms with Gasteiger partial charge in [0.15, 0.2) is 0 Å². The predicted octanol–water partition coefficient (Wildman–Crippen LogP) is 2.53. The largest absolute Gasteiger partial charge is 0.378 e. The minimum Gasteiger partial charge on any atom is -0.378 e. The van der Waals surface area contributed by atoms with E-state index in [1.54, 1.807) is 11.9 Å². The van der Waals surface area contributed by atoms with Gasteiger partial charge in [-0.1, -0.05) is 30.3 Å². The Labute approximate surface area is 200 Å². The Hall–Kier alpha value is -3.39. The molecule has 2 aliphatic rings. The summed E-state index contributed by atoms with van der Waals surface area (Å²) in [5.41, 5.74) is 2.81. The van der Waals surface area contributed by atoms with Gasteiger partial charge < -0.3 is 24.8 Å². The van der Waals surface area contributed by atoms with Crippen molar-refractivity contribution in [2.24, 2.45) is 5.92 Å². The highest BCUT2D eigenvalue weighted by Crippen LogP contribution is 2.29. The van der Waals surface area contributed by atoms with E-state index in [1.165, 1.54) is 4.90 Å². The fourth-order valence-corrected chi connectivity index (χ4v) is 4.57. The van der Waals surface area contributed by atoms with Crippen LogP contribution in [0.15, 0.2) is 54.6 Å². The van der Waals surface area contributed by atoms with Gasteiger partial charge in [0.25, 0.3) is 0 Å². The molecule has 2 aliphatic heterocycles. The van der Waals surface area contributed by atoms with Gasteiger partial charge in [0.05, 0.1) is 31.7 Å². The van der Waals surface area contributed by atoms with Crippen molar-refractivity contribution in [3.05, 3.63) is 60.2 Å². The van der Waals surface area contributed by atoms with Gasteiger partial charge in [0.2, 0.25) is 17.7 Å². The first-order chi connectivity index (χ1) is 16.4. The van der Waals surface area contributed by atoms with Gasteiger partial charge in [-0.2, -0.15) is 0 Å². The highest BCUT2D eigenvalue weighted by atomic mass is 16.5. The van der Waals surface area contributed by atoms with Gasteiger partial charge in [-0.05, 0) is 36.8 Å². The number of rotatable bonds is 7. The zero-order chi connectivity index (χ0) is 24.1. The molecule has 2 fully saturated rings. The van der Waals surface area contributed by atoms with Crippen LogP contribution in [0.5, 0.6) is 0 Å². The van der Waals surface area contributed by atoms with Crippen LogP contribution in [-0.4, -0.2) is 74.0 Å². The third kappa shape index (κ3) is 5.56. The maximum absolute atomic E-state index is 13.0. The van der Waals surface area contributed by atoms with Gasteiger partial charge in [0, 0.05) is 44.5 Å². The lowest BCUT2D eigenvalue weighted by atomic mass is 10.1. The number of morpholine rings is 1. The average molecular weight is 465 g/mol. The standard InChI is InChI=1S/C26H32N4O4/c1-19(20-6-4-3-5-7-20)30-17-21(16-25(30)32)26(33)28(2)18-24(31)27-22-8-10-23(11-9-22)29-12-14-34-15-13-29/h3-11,19,21H,12-18H2,1-2H3,(H,27,31)/t19-,21-/m0/s1.